The van der Waals surface area contributed by atoms with Crippen molar-refractivity contribution in [3.05, 3.63) is 51.7 Å². The molecular weight excluding hydrogens is 372 g/mol. The van der Waals surface area contributed by atoms with Crippen molar-refractivity contribution in [1.29, 1.82) is 0 Å². The molecule has 1 atom stereocenters. The molecule has 1 saturated heterocycles. The molecule has 0 bridgehead atoms. The van der Waals surface area contributed by atoms with E-state index in [-0.39, 0.29) is 6.03 Å². The van der Waals surface area contributed by atoms with Gasteiger partial charge in [0, 0.05) is 17.8 Å². The summed E-state index contributed by atoms with van der Waals surface area (Å²) < 4.78 is 5.43. The Balaban J connectivity index is 1.95. The topological polar surface area (TPSA) is 41.6 Å². The van der Waals surface area contributed by atoms with Crippen LogP contribution >= 0.6 is 11.6 Å². The summed E-state index contributed by atoms with van der Waals surface area (Å²) >= 11 is 6.65. The number of nitrogens with one attached hydrogen (secondary N) is 1. The van der Waals surface area contributed by atoms with Crippen LogP contribution in [0.25, 0.3) is 6.08 Å². The minimum Gasteiger partial charge on any atom is -0.381 e. The number of hydrogen-bond acceptors (Lipinski definition) is 2. The average molecular weight is 403 g/mol. The van der Waals surface area contributed by atoms with Gasteiger partial charge in [0.2, 0.25) is 0 Å². The predicted octanol–water partition coefficient (Wildman–Crippen LogP) is 5.72. The normalized spacial score (nSPS) is 22.9. The maximum Gasteiger partial charge on any atom is 0.322 e. The van der Waals surface area contributed by atoms with Gasteiger partial charge in [-0.2, -0.15) is 0 Å². The molecule has 4 nitrogen and oxygen atoms in total. The number of carbonyl (C=O) groups is 1. The summed E-state index contributed by atoms with van der Waals surface area (Å²) in [6.45, 7) is 10.8. The van der Waals surface area contributed by atoms with Gasteiger partial charge < -0.3 is 15.0 Å². The number of rotatable bonds is 5. The van der Waals surface area contributed by atoms with Crippen LogP contribution in [0.5, 0.6) is 0 Å². The zero-order chi connectivity index (χ0) is 20.3. The lowest BCUT2D eigenvalue weighted by molar-refractivity contribution is 0.119. The first-order valence-electron chi connectivity index (χ1n) is 10.2. The zero-order valence-electron chi connectivity index (χ0n) is 17.3. The summed E-state index contributed by atoms with van der Waals surface area (Å²) in [6, 6.07) is 6.09. The molecule has 0 aliphatic carbocycles. The molecule has 5 heteroatoms. The summed E-state index contributed by atoms with van der Waals surface area (Å²) in [5, 5.41) is 3.95. The Labute approximate surface area is 173 Å². The van der Waals surface area contributed by atoms with Crippen molar-refractivity contribution in [2.45, 2.75) is 52.5 Å². The van der Waals surface area contributed by atoms with Crippen LogP contribution in [0.2, 0.25) is 5.02 Å². The van der Waals surface area contributed by atoms with Crippen molar-refractivity contribution in [3.8, 4) is 0 Å². The molecule has 0 unspecified atom stereocenters. The highest BCUT2D eigenvalue weighted by atomic mass is 35.5. The Morgan fingerprint density at radius 2 is 2.04 bits per heavy atom. The first kappa shape index (κ1) is 20.9. The Morgan fingerprint density at radius 3 is 2.64 bits per heavy atom. The highest BCUT2D eigenvalue weighted by Gasteiger charge is 2.39. The molecule has 0 aromatic heterocycles. The number of nitrogens with zero attached hydrogens (tertiary/aromatic N) is 1. The van der Waals surface area contributed by atoms with E-state index in [0.29, 0.717) is 10.9 Å². The summed E-state index contributed by atoms with van der Waals surface area (Å²) in [5.41, 5.74) is 4.03. The summed E-state index contributed by atoms with van der Waals surface area (Å²) in [4.78, 5) is 14.5. The number of ether oxygens (including phenoxy) is 1. The summed E-state index contributed by atoms with van der Waals surface area (Å²) in [6.07, 6.45) is 7.04. The molecule has 0 spiro atoms. The van der Waals surface area contributed by atoms with Crippen LogP contribution in [0.3, 0.4) is 0 Å². The number of hydrogen-bond donors (Lipinski definition) is 1. The molecule has 0 saturated carbocycles. The van der Waals surface area contributed by atoms with Crippen LogP contribution in [0, 0.1) is 5.92 Å². The summed E-state index contributed by atoms with van der Waals surface area (Å²) in [5.74, 6) is 0.299. The number of benzene rings is 1. The SMILES string of the molecule is CCCN1C=C(C(C)C)[C@](C)(c2ccc(C=C3CCOCC3)c(Cl)c2)NC1=O. The molecule has 1 fully saturated rings. The molecule has 28 heavy (non-hydrogen) atoms. The number of carbonyl (C=O) groups excluding carboxylic acids is 1. The lowest BCUT2D eigenvalue weighted by atomic mass is 9.78. The molecule has 3 rings (SSSR count). The molecule has 152 valence electrons. The van der Waals surface area contributed by atoms with Gasteiger partial charge in [-0.05, 0) is 54.9 Å². The molecule has 2 aliphatic rings. The monoisotopic (exact) mass is 402 g/mol. The van der Waals surface area contributed by atoms with Crippen molar-refractivity contribution in [1.82, 2.24) is 10.2 Å². The maximum atomic E-state index is 12.7. The van der Waals surface area contributed by atoms with Crippen molar-refractivity contribution in [3.63, 3.8) is 0 Å². The van der Waals surface area contributed by atoms with Crippen LogP contribution in [0.1, 0.15) is 58.1 Å². The molecule has 2 aliphatic heterocycles. The fourth-order valence-corrected chi connectivity index (χ4v) is 4.27. The molecule has 0 radical (unpaired) electrons. The fourth-order valence-electron chi connectivity index (χ4n) is 4.04. The molecule has 1 aromatic carbocycles. The van der Waals surface area contributed by atoms with Gasteiger partial charge in [-0.1, -0.05) is 56.2 Å². The van der Waals surface area contributed by atoms with Crippen molar-refractivity contribution in [2.75, 3.05) is 19.8 Å². The maximum absolute atomic E-state index is 12.7. The van der Waals surface area contributed by atoms with E-state index in [4.69, 9.17) is 16.3 Å². The fraction of sp³-hybridized carbons (Fsp3) is 0.522. The van der Waals surface area contributed by atoms with Gasteiger partial charge in [0.25, 0.3) is 0 Å². The average Bonchev–Trinajstić information content (AvgIpc) is 2.66. The third-order valence-corrected chi connectivity index (χ3v) is 5.98. The van der Waals surface area contributed by atoms with E-state index in [1.54, 1.807) is 4.90 Å². The van der Waals surface area contributed by atoms with E-state index in [1.165, 1.54) is 11.1 Å². The lowest BCUT2D eigenvalue weighted by Crippen LogP contribution is -2.54. The van der Waals surface area contributed by atoms with Crippen molar-refractivity contribution in [2.24, 2.45) is 5.92 Å². The molecule has 1 aromatic rings. The van der Waals surface area contributed by atoms with Crippen LogP contribution in [-0.2, 0) is 10.3 Å². The number of halogens is 1. The van der Waals surface area contributed by atoms with E-state index < -0.39 is 5.54 Å². The molecule has 2 heterocycles. The Morgan fingerprint density at radius 1 is 1.32 bits per heavy atom. The standard InChI is InChI=1S/C23H31ClN2O2/c1-5-10-26-15-20(16(2)3)23(4,25-22(26)27)19-7-6-18(21(24)14-19)13-17-8-11-28-12-9-17/h6-7,13-16H,5,8-12H2,1-4H3,(H,25,27)/t23-/m0/s1. The minimum atomic E-state index is -0.566. The van der Waals surface area contributed by atoms with Crippen LogP contribution < -0.4 is 5.32 Å². The molecule has 1 N–H and O–H groups in total. The van der Waals surface area contributed by atoms with Gasteiger partial charge in [-0.25, -0.2) is 4.79 Å². The van der Waals surface area contributed by atoms with Crippen LogP contribution in [0.4, 0.5) is 4.79 Å². The van der Waals surface area contributed by atoms with E-state index in [1.807, 2.05) is 12.3 Å². The molecular formula is C23H31ClN2O2. The van der Waals surface area contributed by atoms with Gasteiger partial charge in [-0.3, -0.25) is 0 Å². The largest absolute Gasteiger partial charge is 0.381 e. The quantitative estimate of drug-likeness (QED) is 0.683. The zero-order valence-corrected chi connectivity index (χ0v) is 18.1. The predicted molar refractivity (Wildman–Crippen MR) is 115 cm³/mol. The van der Waals surface area contributed by atoms with Gasteiger partial charge in [0.15, 0.2) is 0 Å². The second-order valence-electron chi connectivity index (χ2n) is 8.14. The van der Waals surface area contributed by atoms with Crippen molar-refractivity contribution < 1.29 is 9.53 Å². The highest BCUT2D eigenvalue weighted by Crippen LogP contribution is 2.38. The Hall–Kier alpha value is -1.78. The van der Waals surface area contributed by atoms with Gasteiger partial charge in [0.1, 0.15) is 0 Å². The van der Waals surface area contributed by atoms with Gasteiger partial charge in [-0.15, -0.1) is 0 Å². The molecule has 2 amide bonds. The first-order valence-corrected chi connectivity index (χ1v) is 10.6. The third kappa shape index (κ3) is 4.28. The van der Waals surface area contributed by atoms with Gasteiger partial charge in [0.05, 0.1) is 18.8 Å². The van der Waals surface area contributed by atoms with E-state index in [0.717, 1.165) is 50.1 Å². The van der Waals surface area contributed by atoms with E-state index in [9.17, 15) is 4.79 Å². The second kappa shape index (κ2) is 8.71. The van der Waals surface area contributed by atoms with Gasteiger partial charge >= 0.3 is 6.03 Å². The number of urea groups is 1. The van der Waals surface area contributed by atoms with Crippen molar-refractivity contribution >= 4 is 23.7 Å². The lowest BCUT2D eigenvalue weighted by Gasteiger charge is -2.42. The first-order chi connectivity index (χ1) is 13.3. The Kier molecular flexibility index (Phi) is 6.51. The number of amides is 2. The van der Waals surface area contributed by atoms with E-state index >= 15 is 0 Å². The van der Waals surface area contributed by atoms with E-state index in [2.05, 4.69) is 51.2 Å². The minimum absolute atomic E-state index is 0.0572. The smallest absolute Gasteiger partial charge is 0.322 e. The third-order valence-electron chi connectivity index (χ3n) is 5.65. The Bertz CT molecular complexity index is 792. The summed E-state index contributed by atoms with van der Waals surface area (Å²) in [7, 11) is 0. The highest BCUT2D eigenvalue weighted by molar-refractivity contribution is 6.32. The van der Waals surface area contributed by atoms with Crippen LogP contribution in [-0.4, -0.2) is 30.7 Å². The van der Waals surface area contributed by atoms with Crippen LogP contribution in [0.15, 0.2) is 35.5 Å². The second-order valence-corrected chi connectivity index (χ2v) is 8.55.